The van der Waals surface area contributed by atoms with Crippen molar-refractivity contribution in [3.8, 4) is 5.88 Å². The van der Waals surface area contributed by atoms with Crippen molar-refractivity contribution in [2.45, 2.75) is 23.9 Å². The number of halogens is 5. The Bertz CT molecular complexity index is 1040. The number of hydrogen-bond donors (Lipinski definition) is 1. The number of nitrogens with one attached hydrogen (secondary N) is 1. The van der Waals surface area contributed by atoms with E-state index in [0.717, 1.165) is 18.2 Å². The van der Waals surface area contributed by atoms with Gasteiger partial charge in [-0.25, -0.2) is 18.1 Å². The molecule has 2 rings (SSSR count). The summed E-state index contributed by atoms with van der Waals surface area (Å²) in [4.78, 5) is 13.1. The molecule has 2 aromatic rings. The molecular formula is C16H14Cl2F3N3O5S. The molecule has 30 heavy (non-hydrogen) atoms. The van der Waals surface area contributed by atoms with Crippen LogP contribution in [0.1, 0.15) is 18.4 Å². The monoisotopic (exact) mass is 487 g/mol. The van der Waals surface area contributed by atoms with Crippen molar-refractivity contribution in [3.63, 3.8) is 0 Å². The van der Waals surface area contributed by atoms with Gasteiger partial charge in [0, 0.05) is 24.9 Å². The van der Waals surface area contributed by atoms with Gasteiger partial charge in [0.05, 0.1) is 22.1 Å². The lowest BCUT2D eigenvalue weighted by atomic mass is 10.3. The lowest BCUT2D eigenvalue weighted by Crippen LogP contribution is -2.25. The largest absolute Gasteiger partial charge is 0.477 e. The van der Waals surface area contributed by atoms with E-state index in [4.69, 9.17) is 27.9 Å². The number of pyridine rings is 1. The smallest absolute Gasteiger partial charge is 0.417 e. The summed E-state index contributed by atoms with van der Waals surface area (Å²) >= 11 is 11.5. The summed E-state index contributed by atoms with van der Waals surface area (Å²) in [6.45, 7) is -0.00371. The molecular weight excluding hydrogens is 474 g/mol. The second-order valence-electron chi connectivity index (χ2n) is 5.83. The molecule has 1 N–H and O–H groups in total. The zero-order chi connectivity index (χ0) is 22.5. The summed E-state index contributed by atoms with van der Waals surface area (Å²) in [5.41, 5.74) is -1.43. The van der Waals surface area contributed by atoms with Crippen molar-refractivity contribution in [3.05, 3.63) is 56.2 Å². The first kappa shape index (κ1) is 24.1. The molecule has 0 saturated carbocycles. The Morgan fingerprint density at radius 1 is 1.17 bits per heavy atom. The van der Waals surface area contributed by atoms with E-state index >= 15 is 0 Å². The third-order valence-electron chi connectivity index (χ3n) is 3.65. The highest BCUT2D eigenvalue weighted by Crippen LogP contribution is 2.33. The van der Waals surface area contributed by atoms with Gasteiger partial charge in [-0.15, -0.1) is 0 Å². The van der Waals surface area contributed by atoms with Crippen molar-refractivity contribution in [2.24, 2.45) is 0 Å². The highest BCUT2D eigenvalue weighted by Gasteiger charge is 2.31. The molecule has 0 aliphatic carbocycles. The second-order valence-corrected chi connectivity index (χ2v) is 8.38. The summed E-state index contributed by atoms with van der Waals surface area (Å²) in [5.74, 6) is -0.173. The predicted octanol–water partition coefficient (Wildman–Crippen LogP) is 4.45. The Morgan fingerprint density at radius 3 is 2.47 bits per heavy atom. The van der Waals surface area contributed by atoms with E-state index in [1.165, 1.54) is 0 Å². The number of benzene rings is 1. The molecule has 0 bridgehead atoms. The SMILES string of the molecule is O=[N+]([O-])c1ccc(Cl)c(S(=O)(=O)NCCCCOc2ncc(C(F)(F)F)cc2Cl)c1. The second kappa shape index (κ2) is 9.77. The van der Waals surface area contributed by atoms with Gasteiger partial charge in [-0.3, -0.25) is 10.1 Å². The number of hydrogen-bond acceptors (Lipinski definition) is 6. The van der Waals surface area contributed by atoms with Gasteiger partial charge < -0.3 is 4.74 Å². The third kappa shape index (κ3) is 6.42. The van der Waals surface area contributed by atoms with Gasteiger partial charge in [-0.2, -0.15) is 13.2 Å². The van der Waals surface area contributed by atoms with Crippen molar-refractivity contribution in [1.29, 1.82) is 0 Å². The Labute approximate surface area is 179 Å². The minimum atomic E-state index is -4.57. The Morgan fingerprint density at radius 2 is 1.87 bits per heavy atom. The molecule has 1 aromatic carbocycles. The number of alkyl halides is 3. The predicted molar refractivity (Wildman–Crippen MR) is 102 cm³/mol. The van der Waals surface area contributed by atoms with Gasteiger partial charge in [0.1, 0.15) is 9.92 Å². The maximum absolute atomic E-state index is 12.6. The van der Waals surface area contributed by atoms with Crippen LogP contribution in [0.4, 0.5) is 18.9 Å². The highest BCUT2D eigenvalue weighted by molar-refractivity contribution is 7.89. The van der Waals surface area contributed by atoms with Gasteiger partial charge in [0.15, 0.2) is 0 Å². The van der Waals surface area contributed by atoms with Gasteiger partial charge >= 0.3 is 6.18 Å². The number of aromatic nitrogens is 1. The van der Waals surface area contributed by atoms with Crippen molar-refractivity contribution in [2.75, 3.05) is 13.2 Å². The number of ether oxygens (including phenoxy) is 1. The van der Waals surface area contributed by atoms with Crippen LogP contribution in [-0.4, -0.2) is 31.5 Å². The molecule has 1 heterocycles. The fourth-order valence-electron chi connectivity index (χ4n) is 2.18. The normalized spacial score (nSPS) is 12.0. The average molecular weight is 488 g/mol. The van der Waals surface area contributed by atoms with E-state index in [1.54, 1.807) is 0 Å². The number of rotatable bonds is 9. The van der Waals surface area contributed by atoms with Gasteiger partial charge in [-0.05, 0) is 25.0 Å². The van der Waals surface area contributed by atoms with Crippen LogP contribution in [0.25, 0.3) is 0 Å². The van der Waals surface area contributed by atoms with Crippen molar-refractivity contribution < 1.29 is 31.2 Å². The van der Waals surface area contributed by atoms with Crippen LogP contribution in [0, 0.1) is 10.1 Å². The number of unbranched alkanes of at least 4 members (excludes halogenated alkanes) is 1. The average Bonchev–Trinajstić information content (AvgIpc) is 2.64. The van der Waals surface area contributed by atoms with E-state index in [0.29, 0.717) is 25.1 Å². The Kier molecular flexibility index (Phi) is 7.86. The molecule has 164 valence electrons. The molecule has 1 aromatic heterocycles. The van der Waals surface area contributed by atoms with Gasteiger partial charge in [0.25, 0.3) is 5.69 Å². The molecule has 0 radical (unpaired) electrons. The zero-order valence-corrected chi connectivity index (χ0v) is 17.3. The summed E-state index contributed by atoms with van der Waals surface area (Å²) in [6, 6.07) is 3.74. The lowest BCUT2D eigenvalue weighted by Gasteiger charge is -2.11. The molecule has 0 amide bonds. The van der Waals surface area contributed by atoms with Gasteiger partial charge in [-0.1, -0.05) is 23.2 Å². The van der Waals surface area contributed by atoms with Gasteiger partial charge in [0.2, 0.25) is 15.9 Å². The van der Waals surface area contributed by atoms with Crippen molar-refractivity contribution >= 4 is 38.9 Å². The molecule has 8 nitrogen and oxygen atoms in total. The van der Waals surface area contributed by atoms with E-state index in [2.05, 4.69) is 9.71 Å². The standard InChI is InChI=1S/C16H14Cl2F3N3O5S/c17-12-4-3-11(24(25)26)8-14(12)30(27,28)23-5-1-2-6-29-15-13(18)7-10(9-22-15)16(19,20)21/h3-4,7-9,23H,1-2,5-6H2. The lowest BCUT2D eigenvalue weighted by molar-refractivity contribution is -0.385. The quantitative estimate of drug-likeness (QED) is 0.317. The van der Waals surface area contributed by atoms with Crippen LogP contribution >= 0.6 is 23.2 Å². The molecule has 0 aliphatic heterocycles. The molecule has 0 unspecified atom stereocenters. The van der Waals surface area contributed by atoms with Crippen LogP contribution in [0.3, 0.4) is 0 Å². The van der Waals surface area contributed by atoms with Crippen LogP contribution in [-0.2, 0) is 16.2 Å². The Balaban J connectivity index is 1.84. The van der Waals surface area contributed by atoms with E-state index in [1.807, 2.05) is 0 Å². The molecule has 0 saturated heterocycles. The summed E-state index contributed by atoms with van der Waals surface area (Å²) in [5, 5.41) is 10.3. The minimum absolute atomic E-state index is 0.0252. The summed E-state index contributed by atoms with van der Waals surface area (Å²) in [6.07, 6.45) is -3.36. The minimum Gasteiger partial charge on any atom is -0.477 e. The van der Waals surface area contributed by atoms with Crippen LogP contribution in [0.2, 0.25) is 10.0 Å². The number of nitrogens with zero attached hydrogens (tertiary/aromatic N) is 2. The first-order valence-electron chi connectivity index (χ1n) is 8.21. The zero-order valence-electron chi connectivity index (χ0n) is 14.9. The molecule has 14 heteroatoms. The topological polar surface area (TPSA) is 111 Å². The third-order valence-corrected chi connectivity index (χ3v) is 5.87. The van der Waals surface area contributed by atoms with Crippen LogP contribution in [0.15, 0.2) is 35.4 Å². The number of sulfonamides is 1. The molecule has 0 aliphatic rings. The molecule has 0 fully saturated rings. The highest BCUT2D eigenvalue weighted by atomic mass is 35.5. The molecule has 0 spiro atoms. The number of nitro groups is 1. The maximum Gasteiger partial charge on any atom is 0.417 e. The van der Waals surface area contributed by atoms with Crippen molar-refractivity contribution in [1.82, 2.24) is 9.71 Å². The maximum atomic E-state index is 12.6. The number of non-ortho nitro benzene ring substituents is 1. The van der Waals surface area contributed by atoms with Crippen LogP contribution < -0.4 is 9.46 Å². The molecule has 0 atom stereocenters. The summed E-state index contributed by atoms with van der Waals surface area (Å²) in [7, 11) is -4.08. The number of nitro benzene ring substituents is 1. The fourth-order valence-corrected chi connectivity index (χ4v) is 3.99. The van der Waals surface area contributed by atoms with Crippen LogP contribution in [0.5, 0.6) is 5.88 Å². The summed E-state index contributed by atoms with van der Waals surface area (Å²) < 4.78 is 69.7. The van der Waals surface area contributed by atoms with E-state index < -0.39 is 37.3 Å². The van der Waals surface area contributed by atoms with E-state index in [9.17, 15) is 31.7 Å². The first-order chi connectivity index (χ1) is 13.9. The fraction of sp³-hybridized carbons (Fsp3) is 0.312. The van der Waals surface area contributed by atoms with E-state index in [-0.39, 0.29) is 29.1 Å². The Hall–Kier alpha value is -2.15. The first-order valence-corrected chi connectivity index (χ1v) is 10.4.